The van der Waals surface area contributed by atoms with E-state index in [1.165, 1.54) is 21.7 Å². The van der Waals surface area contributed by atoms with Crippen LogP contribution in [0.25, 0.3) is 11.3 Å². The lowest BCUT2D eigenvalue weighted by molar-refractivity contribution is -0.137. The Bertz CT molecular complexity index is 793. The fourth-order valence-corrected chi connectivity index (χ4v) is 5.47. The number of hydrogen-bond donors (Lipinski definition) is 2. The number of aromatic nitrogens is 1. The quantitative estimate of drug-likeness (QED) is 0.788. The van der Waals surface area contributed by atoms with E-state index < -0.39 is 5.97 Å². The molecule has 4 rings (SSSR count). The third-order valence-corrected chi connectivity index (χ3v) is 7.14. The van der Waals surface area contributed by atoms with Crippen molar-refractivity contribution in [3.05, 3.63) is 39.7 Å². The highest BCUT2D eigenvalue weighted by molar-refractivity contribution is 7.10. The van der Waals surface area contributed by atoms with Gasteiger partial charge in [0.25, 0.3) is 0 Å². The van der Waals surface area contributed by atoms with Gasteiger partial charge in [-0.2, -0.15) is 0 Å². The third kappa shape index (κ3) is 4.58. The molecule has 2 heterocycles. The summed E-state index contributed by atoms with van der Waals surface area (Å²) in [6.45, 7) is 2.13. The van der Waals surface area contributed by atoms with E-state index in [1.54, 1.807) is 11.3 Å². The lowest BCUT2D eigenvalue weighted by atomic mass is 9.80. The highest BCUT2D eigenvalue weighted by atomic mass is 32.1. The van der Waals surface area contributed by atoms with Gasteiger partial charge in [0.1, 0.15) is 0 Å². The Morgan fingerprint density at radius 2 is 1.93 bits per heavy atom. The van der Waals surface area contributed by atoms with E-state index in [9.17, 15) is 4.79 Å². The van der Waals surface area contributed by atoms with E-state index in [4.69, 9.17) is 10.1 Å². The van der Waals surface area contributed by atoms with Crippen molar-refractivity contribution in [1.82, 2.24) is 10.3 Å². The van der Waals surface area contributed by atoms with E-state index >= 15 is 0 Å². The topological polar surface area (TPSA) is 62.2 Å². The summed E-state index contributed by atoms with van der Waals surface area (Å²) in [6.07, 6.45) is 7.92. The molecule has 2 aromatic rings. The molecule has 144 valence electrons. The summed E-state index contributed by atoms with van der Waals surface area (Å²) in [5, 5.41) is 15.8. The van der Waals surface area contributed by atoms with Crippen molar-refractivity contribution in [1.29, 1.82) is 0 Å². The van der Waals surface area contributed by atoms with Crippen LogP contribution in [0.1, 0.15) is 60.6 Å². The standard InChI is InChI=1S/C22H28N2O2S/c25-21(26)8-3-15-1-4-17(5-2-15)22-24-20(14-27-22)19-7-6-16-9-11-23-12-10-18(16)13-19/h6-7,13-15,17,23H,1-5,8-12H2,(H,25,26). The average Bonchev–Trinajstić information content (AvgIpc) is 3.06. The number of carboxylic acids is 1. The molecule has 1 aromatic carbocycles. The van der Waals surface area contributed by atoms with Gasteiger partial charge in [-0.25, -0.2) is 4.98 Å². The van der Waals surface area contributed by atoms with E-state index in [0.29, 0.717) is 18.3 Å². The van der Waals surface area contributed by atoms with Crippen LogP contribution in [-0.4, -0.2) is 29.1 Å². The second kappa shape index (κ2) is 8.53. The summed E-state index contributed by atoms with van der Waals surface area (Å²) in [5.41, 5.74) is 5.29. The van der Waals surface area contributed by atoms with Crippen molar-refractivity contribution in [3.63, 3.8) is 0 Å². The van der Waals surface area contributed by atoms with E-state index in [-0.39, 0.29) is 0 Å². The normalized spacial score (nSPS) is 22.8. The largest absolute Gasteiger partial charge is 0.481 e. The molecule has 1 aliphatic heterocycles. The molecular formula is C22H28N2O2S. The Labute approximate surface area is 165 Å². The zero-order valence-electron chi connectivity index (χ0n) is 15.7. The van der Waals surface area contributed by atoms with Gasteiger partial charge in [-0.15, -0.1) is 11.3 Å². The number of aliphatic carboxylic acids is 1. The molecule has 2 aliphatic rings. The van der Waals surface area contributed by atoms with Crippen molar-refractivity contribution in [3.8, 4) is 11.3 Å². The number of fused-ring (bicyclic) bond motifs is 1. The summed E-state index contributed by atoms with van der Waals surface area (Å²) in [6, 6.07) is 6.85. The molecule has 4 nitrogen and oxygen atoms in total. The van der Waals surface area contributed by atoms with Crippen LogP contribution in [-0.2, 0) is 17.6 Å². The summed E-state index contributed by atoms with van der Waals surface area (Å²) >= 11 is 1.79. The zero-order chi connectivity index (χ0) is 18.6. The molecule has 1 aliphatic carbocycles. The first-order chi connectivity index (χ1) is 13.2. The Kier molecular flexibility index (Phi) is 5.89. The first-order valence-electron chi connectivity index (χ1n) is 10.2. The molecule has 0 amide bonds. The summed E-state index contributed by atoms with van der Waals surface area (Å²) < 4.78 is 0. The van der Waals surface area contributed by atoms with Gasteiger partial charge < -0.3 is 10.4 Å². The lowest BCUT2D eigenvalue weighted by Crippen LogP contribution is -2.16. The predicted octanol–water partition coefficient (Wildman–Crippen LogP) is 4.64. The number of rotatable bonds is 5. The van der Waals surface area contributed by atoms with Gasteiger partial charge in [-0.3, -0.25) is 4.79 Å². The molecular weight excluding hydrogens is 356 g/mol. The van der Waals surface area contributed by atoms with Crippen molar-refractivity contribution < 1.29 is 9.90 Å². The second-order valence-corrected chi connectivity index (χ2v) is 8.84. The summed E-state index contributed by atoms with van der Waals surface area (Å²) in [5.74, 6) is 0.461. The Hall–Kier alpha value is -1.72. The second-order valence-electron chi connectivity index (χ2n) is 7.95. The predicted molar refractivity (Wildman–Crippen MR) is 109 cm³/mol. The van der Waals surface area contributed by atoms with Crippen molar-refractivity contribution in [2.75, 3.05) is 13.1 Å². The van der Waals surface area contributed by atoms with Crippen LogP contribution in [0.3, 0.4) is 0 Å². The summed E-state index contributed by atoms with van der Waals surface area (Å²) in [4.78, 5) is 15.7. The fraction of sp³-hybridized carbons (Fsp3) is 0.545. The molecule has 0 saturated heterocycles. The van der Waals surface area contributed by atoms with Crippen molar-refractivity contribution >= 4 is 17.3 Å². The van der Waals surface area contributed by atoms with Crippen LogP contribution < -0.4 is 5.32 Å². The number of nitrogens with zero attached hydrogens (tertiary/aromatic N) is 1. The SMILES string of the molecule is O=C(O)CCC1CCC(c2nc(-c3ccc4c(c3)CCNCC4)cs2)CC1. The van der Waals surface area contributed by atoms with Crippen molar-refractivity contribution in [2.24, 2.45) is 5.92 Å². The molecule has 27 heavy (non-hydrogen) atoms. The maximum absolute atomic E-state index is 10.8. The highest BCUT2D eigenvalue weighted by Gasteiger charge is 2.25. The monoisotopic (exact) mass is 384 g/mol. The van der Waals surface area contributed by atoms with Crippen LogP contribution >= 0.6 is 11.3 Å². The first kappa shape index (κ1) is 18.6. The first-order valence-corrected chi connectivity index (χ1v) is 11.1. The minimum absolute atomic E-state index is 0.310. The molecule has 1 aromatic heterocycles. The van der Waals surface area contributed by atoms with Gasteiger partial charge in [0.2, 0.25) is 0 Å². The maximum atomic E-state index is 10.8. The van der Waals surface area contributed by atoms with Gasteiger partial charge in [-0.05, 0) is 81.1 Å². The van der Waals surface area contributed by atoms with E-state index in [1.807, 2.05) is 0 Å². The van der Waals surface area contributed by atoms with Gasteiger partial charge in [0.05, 0.1) is 10.7 Å². The zero-order valence-corrected chi connectivity index (χ0v) is 16.6. The van der Waals surface area contributed by atoms with Crippen LogP contribution in [0.2, 0.25) is 0 Å². The maximum Gasteiger partial charge on any atom is 0.303 e. The number of carbonyl (C=O) groups is 1. The van der Waals surface area contributed by atoms with Gasteiger partial charge >= 0.3 is 5.97 Å². The molecule has 5 heteroatoms. The minimum Gasteiger partial charge on any atom is -0.481 e. The van der Waals surface area contributed by atoms with Crippen molar-refractivity contribution in [2.45, 2.75) is 57.3 Å². The Balaban J connectivity index is 1.41. The summed E-state index contributed by atoms with van der Waals surface area (Å²) in [7, 11) is 0. The molecule has 0 radical (unpaired) electrons. The van der Waals surface area contributed by atoms with Crippen LogP contribution in [0, 0.1) is 5.92 Å². The highest BCUT2D eigenvalue weighted by Crippen LogP contribution is 2.39. The van der Waals surface area contributed by atoms with Gasteiger partial charge in [0, 0.05) is 23.3 Å². The van der Waals surface area contributed by atoms with Gasteiger partial charge in [0.15, 0.2) is 0 Å². The van der Waals surface area contributed by atoms with Crippen LogP contribution in [0.5, 0.6) is 0 Å². The lowest BCUT2D eigenvalue weighted by Gasteiger charge is -2.26. The van der Waals surface area contributed by atoms with E-state index in [2.05, 4.69) is 28.9 Å². The fourth-order valence-electron chi connectivity index (χ4n) is 4.47. The van der Waals surface area contributed by atoms with E-state index in [0.717, 1.165) is 63.7 Å². The number of hydrogen-bond acceptors (Lipinski definition) is 4. The Morgan fingerprint density at radius 1 is 1.15 bits per heavy atom. The van der Waals surface area contributed by atoms with Crippen LogP contribution in [0.4, 0.5) is 0 Å². The number of benzene rings is 1. The van der Waals surface area contributed by atoms with Gasteiger partial charge in [-0.1, -0.05) is 12.1 Å². The average molecular weight is 385 g/mol. The molecule has 0 spiro atoms. The number of nitrogens with one attached hydrogen (secondary N) is 1. The van der Waals surface area contributed by atoms with Crippen LogP contribution in [0.15, 0.2) is 23.6 Å². The number of carboxylic acid groups (broad SMARTS) is 1. The Morgan fingerprint density at radius 3 is 2.70 bits per heavy atom. The molecule has 0 bridgehead atoms. The minimum atomic E-state index is -0.668. The third-order valence-electron chi connectivity index (χ3n) is 6.13. The molecule has 1 fully saturated rings. The molecule has 1 saturated carbocycles. The molecule has 2 N–H and O–H groups in total. The molecule has 0 unspecified atom stereocenters. The number of thiazole rings is 1. The molecule has 0 atom stereocenters. The smallest absolute Gasteiger partial charge is 0.303 e.